The van der Waals surface area contributed by atoms with Crippen LogP contribution >= 0.6 is 11.3 Å². The summed E-state index contributed by atoms with van der Waals surface area (Å²) in [6.07, 6.45) is 0. The molecule has 7 heteroatoms. The van der Waals surface area contributed by atoms with Crippen molar-refractivity contribution in [2.75, 3.05) is 5.43 Å². The Morgan fingerprint density at radius 3 is 2.27 bits per heavy atom. The van der Waals surface area contributed by atoms with Gasteiger partial charge >= 0.3 is 0 Å². The topological polar surface area (TPSA) is 75.6 Å². The Balaban J connectivity index is 2.03. The van der Waals surface area contributed by atoms with Gasteiger partial charge in [-0.15, -0.1) is 11.3 Å². The van der Waals surface area contributed by atoms with Crippen molar-refractivity contribution in [2.24, 2.45) is 5.10 Å². The number of rotatable bonds is 5. The van der Waals surface area contributed by atoms with Gasteiger partial charge in [0.15, 0.2) is 0 Å². The summed E-state index contributed by atoms with van der Waals surface area (Å²) in [6, 6.07) is 18.3. The molecule has 0 fully saturated rings. The largest absolute Gasteiger partial charge is 0.285 e. The Bertz CT molecular complexity index is 1020. The van der Waals surface area contributed by atoms with Gasteiger partial charge in [0, 0.05) is 0 Å². The lowest BCUT2D eigenvalue weighted by atomic mass is 10.2. The van der Waals surface area contributed by atoms with E-state index < -0.39 is 20.7 Å². The minimum absolute atomic E-state index is 0.0226. The van der Waals surface area contributed by atoms with E-state index >= 15 is 0 Å². The minimum atomic E-state index is -4.06. The molecule has 0 spiro atoms. The normalized spacial score (nSPS) is 12.0. The fourth-order valence-corrected chi connectivity index (χ4v) is 4.19. The van der Waals surface area contributed by atoms with Gasteiger partial charge in [-0.1, -0.05) is 42.0 Å². The van der Waals surface area contributed by atoms with Gasteiger partial charge in [0.25, 0.3) is 0 Å². The van der Waals surface area contributed by atoms with Gasteiger partial charge in [-0.3, -0.25) is 10.2 Å². The number of carbonyl (C=O) groups is 1. The van der Waals surface area contributed by atoms with E-state index in [9.17, 15) is 13.2 Å². The van der Waals surface area contributed by atoms with Gasteiger partial charge in [-0.25, -0.2) is 8.42 Å². The lowest BCUT2D eigenvalue weighted by molar-refractivity contribution is 0.107. The smallest absolute Gasteiger partial charge is 0.235 e. The van der Waals surface area contributed by atoms with Crippen LogP contribution in [0.3, 0.4) is 0 Å². The van der Waals surface area contributed by atoms with Crippen molar-refractivity contribution < 1.29 is 13.2 Å². The molecule has 3 rings (SSSR count). The monoisotopic (exact) mass is 384 g/mol. The molecule has 1 heterocycles. The number of thiophene rings is 1. The molecule has 1 N–H and O–H groups in total. The molecule has 0 saturated heterocycles. The maximum absolute atomic E-state index is 13.0. The molecular formula is C19H16N2O3S2. The van der Waals surface area contributed by atoms with Crippen LogP contribution in [0.4, 0.5) is 5.69 Å². The van der Waals surface area contributed by atoms with Crippen LogP contribution in [0.1, 0.15) is 15.2 Å². The number of anilines is 1. The van der Waals surface area contributed by atoms with Crippen LogP contribution in [0.2, 0.25) is 0 Å². The van der Waals surface area contributed by atoms with Crippen molar-refractivity contribution in [3.05, 3.63) is 82.6 Å². The molecule has 3 aromatic rings. The first-order valence-corrected chi connectivity index (χ1v) is 10.1. The number of aryl methyl sites for hydroxylation is 1. The molecule has 2 aromatic carbocycles. The van der Waals surface area contributed by atoms with E-state index in [1.807, 2.05) is 19.1 Å². The first kappa shape index (κ1) is 18.0. The SMILES string of the molecule is Cc1ccc(N/N=C(\C(=O)c2cccs2)S(=O)(=O)c2ccccc2)cc1. The van der Waals surface area contributed by atoms with Crippen molar-refractivity contribution in [3.63, 3.8) is 0 Å². The summed E-state index contributed by atoms with van der Waals surface area (Å²) in [5, 5.41) is 5.14. The summed E-state index contributed by atoms with van der Waals surface area (Å²) in [7, 11) is -4.06. The summed E-state index contributed by atoms with van der Waals surface area (Å²) in [5.41, 5.74) is 4.34. The molecule has 26 heavy (non-hydrogen) atoms. The Kier molecular flexibility index (Phi) is 5.29. The zero-order valence-electron chi connectivity index (χ0n) is 13.9. The number of sulfone groups is 1. The number of hydrogen-bond donors (Lipinski definition) is 1. The third kappa shape index (κ3) is 3.89. The molecule has 0 radical (unpaired) electrons. The van der Waals surface area contributed by atoms with Gasteiger partial charge in [0.2, 0.25) is 20.7 Å². The van der Waals surface area contributed by atoms with E-state index in [4.69, 9.17) is 0 Å². The number of nitrogens with one attached hydrogen (secondary N) is 1. The highest BCUT2D eigenvalue weighted by Crippen LogP contribution is 2.19. The van der Waals surface area contributed by atoms with Gasteiger partial charge in [0.05, 0.1) is 15.5 Å². The maximum atomic E-state index is 13.0. The molecule has 0 aliphatic heterocycles. The van der Waals surface area contributed by atoms with E-state index in [2.05, 4.69) is 10.5 Å². The molecule has 0 atom stereocenters. The number of nitrogens with zero attached hydrogens (tertiary/aromatic N) is 1. The predicted molar refractivity (Wildman–Crippen MR) is 105 cm³/mol. The predicted octanol–water partition coefficient (Wildman–Crippen LogP) is 4.14. The number of Topliss-reactive ketones (excluding diaryl/α,β-unsaturated/α-hetero) is 1. The minimum Gasteiger partial charge on any atom is -0.285 e. The molecule has 0 saturated carbocycles. The first-order chi connectivity index (χ1) is 12.5. The van der Waals surface area contributed by atoms with Crippen LogP contribution in [-0.2, 0) is 9.84 Å². The molecule has 0 aliphatic carbocycles. The maximum Gasteiger partial charge on any atom is 0.235 e. The zero-order valence-corrected chi connectivity index (χ0v) is 15.5. The molecule has 0 unspecified atom stereocenters. The second-order valence-corrected chi connectivity index (χ2v) is 8.33. The number of ketones is 1. The van der Waals surface area contributed by atoms with Crippen LogP contribution < -0.4 is 5.43 Å². The standard InChI is InChI=1S/C19H16N2O3S2/c1-14-9-11-15(12-10-14)20-21-19(18(22)17-8-5-13-25-17)26(23,24)16-6-3-2-4-7-16/h2-13,20H,1H3/b21-19+. The molecule has 0 aliphatic rings. The van der Waals surface area contributed by atoms with E-state index in [0.29, 0.717) is 10.6 Å². The van der Waals surface area contributed by atoms with Gasteiger partial charge in [0.1, 0.15) is 0 Å². The lowest BCUT2D eigenvalue weighted by Crippen LogP contribution is -2.25. The van der Waals surface area contributed by atoms with E-state index in [-0.39, 0.29) is 4.90 Å². The number of hydrazone groups is 1. The van der Waals surface area contributed by atoms with Crippen molar-refractivity contribution in [3.8, 4) is 0 Å². The first-order valence-electron chi connectivity index (χ1n) is 7.77. The molecule has 0 bridgehead atoms. The lowest BCUT2D eigenvalue weighted by Gasteiger charge is -2.08. The molecule has 5 nitrogen and oxygen atoms in total. The second kappa shape index (κ2) is 7.63. The Morgan fingerprint density at radius 1 is 0.962 bits per heavy atom. The van der Waals surface area contributed by atoms with Gasteiger partial charge in [-0.05, 0) is 42.6 Å². The summed E-state index contributed by atoms with van der Waals surface area (Å²) in [4.78, 5) is 13.1. The Morgan fingerprint density at radius 2 is 1.65 bits per heavy atom. The summed E-state index contributed by atoms with van der Waals surface area (Å²) >= 11 is 1.17. The summed E-state index contributed by atoms with van der Waals surface area (Å²) < 4.78 is 25.9. The van der Waals surface area contributed by atoms with Crippen molar-refractivity contribution in [1.29, 1.82) is 0 Å². The van der Waals surface area contributed by atoms with Gasteiger partial charge in [-0.2, -0.15) is 5.10 Å². The summed E-state index contributed by atoms with van der Waals surface area (Å²) in [6.45, 7) is 1.94. The van der Waals surface area contributed by atoms with Crippen molar-refractivity contribution in [2.45, 2.75) is 11.8 Å². The summed E-state index contributed by atoms with van der Waals surface area (Å²) in [5.74, 6) is -0.636. The van der Waals surface area contributed by atoms with Crippen LogP contribution in [0.25, 0.3) is 0 Å². The van der Waals surface area contributed by atoms with E-state index in [1.54, 1.807) is 47.8 Å². The highest BCUT2D eigenvalue weighted by atomic mass is 32.2. The average molecular weight is 384 g/mol. The van der Waals surface area contributed by atoms with Gasteiger partial charge < -0.3 is 0 Å². The number of benzene rings is 2. The molecule has 132 valence electrons. The highest BCUT2D eigenvalue weighted by Gasteiger charge is 2.30. The van der Waals surface area contributed by atoms with E-state index in [1.165, 1.54) is 23.5 Å². The van der Waals surface area contributed by atoms with Crippen molar-refractivity contribution in [1.82, 2.24) is 0 Å². The van der Waals surface area contributed by atoms with Crippen LogP contribution in [0.15, 0.2) is 82.1 Å². The second-order valence-electron chi connectivity index (χ2n) is 5.52. The third-order valence-electron chi connectivity index (χ3n) is 3.59. The average Bonchev–Trinajstić information content (AvgIpc) is 3.18. The molecule has 0 amide bonds. The Hall–Kier alpha value is -2.77. The van der Waals surface area contributed by atoms with Crippen LogP contribution in [-0.4, -0.2) is 19.2 Å². The fraction of sp³-hybridized carbons (Fsp3) is 0.0526. The van der Waals surface area contributed by atoms with E-state index in [0.717, 1.165) is 5.56 Å². The molecule has 1 aromatic heterocycles. The fourth-order valence-electron chi connectivity index (χ4n) is 2.20. The van der Waals surface area contributed by atoms with Crippen LogP contribution in [0.5, 0.6) is 0 Å². The zero-order chi connectivity index (χ0) is 18.6. The van der Waals surface area contributed by atoms with Crippen molar-refractivity contribution >= 4 is 37.7 Å². The quantitative estimate of drug-likeness (QED) is 0.310. The third-order valence-corrected chi connectivity index (χ3v) is 6.13. The highest BCUT2D eigenvalue weighted by molar-refractivity contribution is 8.08. The Labute approximate surface area is 155 Å². The molecular weight excluding hydrogens is 368 g/mol. The number of carbonyl (C=O) groups excluding carboxylic acids is 1. The van der Waals surface area contributed by atoms with Crippen LogP contribution in [0, 0.1) is 6.92 Å². The number of hydrogen-bond acceptors (Lipinski definition) is 6.